The zero-order valence-electron chi connectivity index (χ0n) is 9.80. The SMILES string of the molecule is O=S(=O)(c1c(F)c(F)c(F)c(F)c1F)N(F)S(=O)(=O)C(F)(F)F. The fourth-order valence-corrected chi connectivity index (χ4v) is 3.54. The summed E-state index contributed by atoms with van der Waals surface area (Å²) in [6, 6.07) is 0. The van der Waals surface area contributed by atoms with Crippen LogP contribution in [0.25, 0.3) is 0 Å². The topological polar surface area (TPSA) is 71.5 Å². The third-order valence-corrected chi connectivity index (χ3v) is 5.49. The molecule has 0 spiro atoms. The maximum Gasteiger partial charge on any atom is 0.515 e. The molecular weight excluding hydrogens is 397 g/mol. The molecule has 0 saturated carbocycles. The van der Waals surface area contributed by atoms with E-state index >= 15 is 0 Å². The Hall–Kier alpha value is -1.55. The summed E-state index contributed by atoms with van der Waals surface area (Å²) in [5.41, 5.74) is -6.58. The Balaban J connectivity index is 3.79. The third kappa shape index (κ3) is 2.85. The Morgan fingerprint density at radius 2 is 1.00 bits per heavy atom. The smallest absolute Gasteiger partial charge is 0.203 e. The third-order valence-electron chi connectivity index (χ3n) is 2.10. The highest BCUT2D eigenvalue weighted by Gasteiger charge is 2.57. The predicted molar refractivity (Wildman–Crippen MR) is 51.3 cm³/mol. The Kier molecular flexibility index (Phi) is 4.68. The summed E-state index contributed by atoms with van der Waals surface area (Å²) < 4.78 is 154. The molecule has 5 nitrogen and oxygen atoms in total. The summed E-state index contributed by atoms with van der Waals surface area (Å²) in [4.78, 5) is -3.11. The van der Waals surface area contributed by atoms with Crippen LogP contribution in [0.3, 0.4) is 0 Å². The predicted octanol–water partition coefficient (Wildman–Crippen LogP) is 2.11. The van der Waals surface area contributed by atoms with E-state index in [0.29, 0.717) is 0 Å². The lowest BCUT2D eigenvalue weighted by atomic mass is 10.3. The van der Waals surface area contributed by atoms with Gasteiger partial charge in [-0.25, -0.2) is 30.4 Å². The molecule has 1 aromatic rings. The van der Waals surface area contributed by atoms with Crippen LogP contribution in [0.4, 0.5) is 39.6 Å². The zero-order chi connectivity index (χ0) is 18.5. The summed E-state index contributed by atoms with van der Waals surface area (Å²) in [5, 5.41) is 0. The molecule has 16 heteroatoms. The van der Waals surface area contributed by atoms with Gasteiger partial charge in [-0.05, 0) is 0 Å². The highest BCUT2D eigenvalue weighted by Crippen LogP contribution is 2.34. The largest absolute Gasteiger partial charge is 0.515 e. The second-order valence-electron chi connectivity index (χ2n) is 3.51. The van der Waals surface area contributed by atoms with Crippen LogP contribution < -0.4 is 0 Å². The molecule has 0 aliphatic rings. The number of halogens is 9. The second kappa shape index (κ2) is 5.52. The average Bonchev–Trinajstić information content (AvgIpc) is 2.40. The first kappa shape index (κ1) is 19.5. The first-order valence-electron chi connectivity index (χ1n) is 4.62. The number of nitrogens with zero attached hydrogens (tertiary/aromatic N) is 1. The van der Waals surface area contributed by atoms with Crippen molar-refractivity contribution in [3.05, 3.63) is 29.1 Å². The van der Waals surface area contributed by atoms with Crippen LogP contribution >= 0.6 is 0 Å². The molecule has 0 saturated heterocycles. The summed E-state index contributed by atoms with van der Waals surface area (Å²) in [6.07, 6.45) is 0. The molecule has 0 bridgehead atoms. The van der Waals surface area contributed by atoms with Crippen LogP contribution in [0.15, 0.2) is 4.90 Å². The van der Waals surface area contributed by atoms with E-state index in [1.807, 2.05) is 0 Å². The van der Waals surface area contributed by atoms with Gasteiger partial charge in [0.25, 0.3) is 10.0 Å². The van der Waals surface area contributed by atoms with E-state index in [2.05, 4.69) is 0 Å². The summed E-state index contributed by atoms with van der Waals surface area (Å²) in [6.45, 7) is 0. The first-order valence-corrected chi connectivity index (χ1v) is 7.50. The highest BCUT2D eigenvalue weighted by molar-refractivity contribution is 8.04. The van der Waals surface area contributed by atoms with E-state index < -0.39 is 63.5 Å². The normalized spacial score (nSPS) is 13.7. The molecule has 0 atom stereocenters. The van der Waals surface area contributed by atoms with Crippen molar-refractivity contribution in [3.8, 4) is 0 Å². The summed E-state index contributed by atoms with van der Waals surface area (Å²) >= 11 is 0. The molecule has 0 fully saturated rings. The minimum absolute atomic E-state index is 2.90. The molecular formula is C7F9NO4S2. The zero-order valence-corrected chi connectivity index (χ0v) is 11.4. The Bertz CT molecular complexity index is 832. The molecule has 0 amide bonds. The van der Waals surface area contributed by atoms with E-state index in [1.54, 1.807) is 0 Å². The maximum atomic E-state index is 13.2. The average molecular weight is 397 g/mol. The van der Waals surface area contributed by atoms with E-state index in [9.17, 15) is 56.4 Å². The van der Waals surface area contributed by atoms with Crippen molar-refractivity contribution in [1.82, 2.24) is 3.93 Å². The number of hydrogen-bond acceptors (Lipinski definition) is 4. The minimum Gasteiger partial charge on any atom is -0.203 e. The molecule has 0 N–H and O–H groups in total. The van der Waals surface area contributed by atoms with E-state index in [1.165, 1.54) is 0 Å². The van der Waals surface area contributed by atoms with Crippen molar-refractivity contribution < 1.29 is 56.4 Å². The molecule has 1 aromatic carbocycles. The number of rotatable bonds is 3. The summed E-state index contributed by atoms with van der Waals surface area (Å²) in [7, 11) is -14.3. The monoisotopic (exact) mass is 397 g/mol. The van der Waals surface area contributed by atoms with Gasteiger partial charge >= 0.3 is 15.5 Å². The van der Waals surface area contributed by atoms with Gasteiger partial charge in [0.15, 0.2) is 28.2 Å². The van der Waals surface area contributed by atoms with Crippen LogP contribution in [0.2, 0.25) is 0 Å². The van der Waals surface area contributed by atoms with Crippen LogP contribution in [-0.4, -0.2) is 26.3 Å². The second-order valence-corrected chi connectivity index (χ2v) is 7.15. The van der Waals surface area contributed by atoms with Crippen LogP contribution in [0.5, 0.6) is 0 Å². The highest BCUT2D eigenvalue weighted by atomic mass is 32.3. The van der Waals surface area contributed by atoms with E-state index in [0.717, 1.165) is 0 Å². The van der Waals surface area contributed by atoms with Gasteiger partial charge in [-0.1, -0.05) is 0 Å². The molecule has 0 aliphatic carbocycles. The molecule has 1 rings (SSSR count). The van der Waals surface area contributed by atoms with Crippen molar-refractivity contribution in [2.45, 2.75) is 10.4 Å². The Morgan fingerprint density at radius 1 is 0.696 bits per heavy atom. The van der Waals surface area contributed by atoms with Crippen molar-refractivity contribution >= 4 is 20.0 Å². The van der Waals surface area contributed by atoms with Crippen LogP contribution in [0, 0.1) is 29.1 Å². The van der Waals surface area contributed by atoms with Crippen LogP contribution in [0.1, 0.15) is 0 Å². The quantitative estimate of drug-likeness (QED) is 0.339. The summed E-state index contributed by atoms with van der Waals surface area (Å²) in [5.74, 6) is -15.3. The Labute approximate surface area is 121 Å². The fourth-order valence-electron chi connectivity index (χ4n) is 1.09. The first-order chi connectivity index (χ1) is 10.1. The van der Waals surface area contributed by atoms with E-state index in [-0.39, 0.29) is 0 Å². The van der Waals surface area contributed by atoms with Gasteiger partial charge in [-0.3, -0.25) is 0 Å². The van der Waals surface area contributed by atoms with Gasteiger partial charge in [0.05, 0.1) is 3.93 Å². The Morgan fingerprint density at radius 3 is 1.30 bits per heavy atom. The molecule has 0 aliphatic heterocycles. The molecule has 0 unspecified atom stereocenters. The molecule has 23 heavy (non-hydrogen) atoms. The fraction of sp³-hybridized carbons (Fsp3) is 0.143. The van der Waals surface area contributed by atoms with Crippen molar-refractivity contribution in [1.29, 1.82) is 0 Å². The lowest BCUT2D eigenvalue weighted by Crippen LogP contribution is -2.40. The van der Waals surface area contributed by atoms with Gasteiger partial charge in [-0.15, -0.1) is 4.48 Å². The van der Waals surface area contributed by atoms with Gasteiger partial charge in [0, 0.05) is 0 Å². The van der Waals surface area contributed by atoms with Gasteiger partial charge in [-0.2, -0.15) is 21.6 Å². The number of sulfonamides is 2. The van der Waals surface area contributed by atoms with Gasteiger partial charge in [0.1, 0.15) is 0 Å². The molecule has 0 aromatic heterocycles. The molecule has 0 radical (unpaired) electrons. The van der Waals surface area contributed by atoms with E-state index in [4.69, 9.17) is 0 Å². The van der Waals surface area contributed by atoms with Crippen LogP contribution in [-0.2, 0) is 20.0 Å². The number of hydrogen-bond donors (Lipinski definition) is 0. The minimum atomic E-state index is -7.34. The lowest BCUT2D eigenvalue weighted by molar-refractivity contribution is -0.0512. The number of benzene rings is 1. The molecule has 0 heterocycles. The van der Waals surface area contributed by atoms with Crippen molar-refractivity contribution in [2.75, 3.05) is 0 Å². The maximum absolute atomic E-state index is 13.2. The van der Waals surface area contributed by atoms with Crippen molar-refractivity contribution in [3.63, 3.8) is 0 Å². The van der Waals surface area contributed by atoms with Gasteiger partial charge in [0.2, 0.25) is 5.82 Å². The standard InChI is InChI=1S/C7F9NO4S2/c8-1-2(9)4(11)6(5(12)3(1)10)22(18,19)17(16)23(20,21)7(13,14)15. The lowest BCUT2D eigenvalue weighted by Gasteiger charge is -2.16. The number of alkyl halides is 3. The van der Waals surface area contributed by atoms with Crippen molar-refractivity contribution in [2.24, 2.45) is 0 Å². The van der Waals surface area contributed by atoms with Gasteiger partial charge < -0.3 is 0 Å². The molecule has 132 valence electrons.